The van der Waals surface area contributed by atoms with Crippen LogP contribution in [-0.4, -0.2) is 54.8 Å². The Labute approximate surface area is 118 Å². The number of aromatic nitrogens is 1. The quantitative estimate of drug-likeness (QED) is 0.867. The van der Waals surface area contributed by atoms with Gasteiger partial charge in [0.1, 0.15) is 4.90 Å². The zero-order valence-corrected chi connectivity index (χ0v) is 12.1. The van der Waals surface area contributed by atoms with E-state index in [1.165, 1.54) is 35.6 Å². The summed E-state index contributed by atoms with van der Waals surface area (Å²) in [4.78, 5) is 16.6. The van der Waals surface area contributed by atoms with E-state index in [1.54, 1.807) is 0 Å². The molecule has 1 unspecified atom stereocenters. The zero-order valence-electron chi connectivity index (χ0n) is 11.3. The van der Waals surface area contributed by atoms with Gasteiger partial charge in [-0.15, -0.1) is 0 Å². The molecule has 3 rings (SSSR count). The number of rotatable bonds is 3. The fourth-order valence-corrected chi connectivity index (χ4v) is 4.61. The normalized spacial score (nSPS) is 25.3. The topological polar surface area (TPSA) is 73.5 Å². The average Bonchev–Trinajstić information content (AvgIpc) is 3.10. The molecular weight excluding hydrogens is 278 g/mol. The number of H-pyrrole nitrogens is 1. The second kappa shape index (κ2) is 5.31. The van der Waals surface area contributed by atoms with Crippen molar-refractivity contribution in [3.63, 3.8) is 0 Å². The second-order valence-electron chi connectivity index (χ2n) is 5.42. The molecule has 2 saturated heterocycles. The summed E-state index contributed by atoms with van der Waals surface area (Å²) < 4.78 is 26.5. The van der Waals surface area contributed by atoms with Gasteiger partial charge in [-0.1, -0.05) is 0 Å². The van der Waals surface area contributed by atoms with Gasteiger partial charge in [0, 0.05) is 37.6 Å². The number of nitrogens with zero attached hydrogens (tertiary/aromatic N) is 2. The van der Waals surface area contributed by atoms with Crippen LogP contribution in [-0.2, 0) is 10.0 Å². The van der Waals surface area contributed by atoms with Crippen LogP contribution in [0.2, 0.25) is 0 Å². The number of pyridine rings is 1. The molecule has 2 aliphatic heterocycles. The number of nitrogens with one attached hydrogen (secondary N) is 1. The molecule has 0 spiro atoms. The lowest BCUT2D eigenvalue weighted by molar-refractivity contribution is 0.251. The van der Waals surface area contributed by atoms with Gasteiger partial charge in [-0.05, 0) is 32.4 Å². The van der Waals surface area contributed by atoms with E-state index in [2.05, 4.69) is 9.88 Å². The van der Waals surface area contributed by atoms with Crippen LogP contribution in [0.3, 0.4) is 0 Å². The average molecular weight is 297 g/mol. The lowest BCUT2D eigenvalue weighted by atomic mass is 10.2. The molecule has 0 aliphatic carbocycles. The van der Waals surface area contributed by atoms with Gasteiger partial charge in [-0.3, -0.25) is 9.69 Å². The van der Waals surface area contributed by atoms with Crippen molar-refractivity contribution in [2.75, 3.05) is 26.2 Å². The molecule has 0 radical (unpaired) electrons. The van der Waals surface area contributed by atoms with Crippen molar-refractivity contribution < 1.29 is 8.42 Å². The molecule has 20 heavy (non-hydrogen) atoms. The predicted octanol–water partition coefficient (Wildman–Crippen LogP) is 0.234. The first-order chi connectivity index (χ1) is 9.59. The molecule has 6 nitrogen and oxygen atoms in total. The van der Waals surface area contributed by atoms with E-state index in [4.69, 9.17) is 0 Å². The third-order valence-corrected chi connectivity index (χ3v) is 6.08. The molecule has 0 amide bonds. The molecule has 2 fully saturated rings. The number of likely N-dealkylation sites (tertiary alicyclic amines) is 1. The number of hydrogen-bond donors (Lipinski definition) is 1. The Morgan fingerprint density at radius 3 is 2.65 bits per heavy atom. The van der Waals surface area contributed by atoms with Crippen LogP contribution in [0.5, 0.6) is 0 Å². The first-order valence-electron chi connectivity index (χ1n) is 7.00. The highest BCUT2D eigenvalue weighted by Gasteiger charge is 2.36. The Kier molecular flexibility index (Phi) is 3.66. The van der Waals surface area contributed by atoms with Crippen LogP contribution in [0, 0.1) is 0 Å². The van der Waals surface area contributed by atoms with E-state index in [-0.39, 0.29) is 4.90 Å². The molecule has 7 heteroatoms. The summed E-state index contributed by atoms with van der Waals surface area (Å²) in [6, 6.07) is 1.55. The minimum atomic E-state index is -3.67. The molecule has 3 heterocycles. The summed E-state index contributed by atoms with van der Waals surface area (Å²) in [5.41, 5.74) is -0.451. The highest BCUT2D eigenvalue weighted by molar-refractivity contribution is 7.89. The molecule has 0 saturated carbocycles. The third-order valence-electron chi connectivity index (χ3n) is 4.19. The Balaban J connectivity index is 1.80. The van der Waals surface area contributed by atoms with Crippen molar-refractivity contribution in [1.29, 1.82) is 0 Å². The van der Waals surface area contributed by atoms with Crippen LogP contribution in [0.1, 0.15) is 19.3 Å². The smallest absolute Gasteiger partial charge is 0.248 e. The van der Waals surface area contributed by atoms with Gasteiger partial charge in [0.15, 0.2) is 0 Å². The van der Waals surface area contributed by atoms with Crippen molar-refractivity contribution >= 4 is 10.0 Å². The van der Waals surface area contributed by atoms with Crippen molar-refractivity contribution in [3.05, 3.63) is 28.7 Å². The lowest BCUT2D eigenvalue weighted by Gasteiger charge is -2.23. The van der Waals surface area contributed by atoms with Crippen LogP contribution < -0.4 is 5.43 Å². The number of sulfonamides is 1. The van der Waals surface area contributed by atoms with Crippen molar-refractivity contribution in [1.82, 2.24) is 14.2 Å². The minimum absolute atomic E-state index is 0.151. The molecule has 2 aliphatic rings. The van der Waals surface area contributed by atoms with Gasteiger partial charge in [0.25, 0.3) is 0 Å². The molecule has 1 aromatic rings. The Bertz CT molecular complexity index is 634. The monoisotopic (exact) mass is 297 g/mol. The number of hydrogen-bond acceptors (Lipinski definition) is 4. The molecule has 110 valence electrons. The molecule has 1 aromatic heterocycles. The standard InChI is InChI=1S/C13H19N3O3S/c17-12-3-5-14-9-13(12)20(18,19)16-8-4-11(10-16)15-6-1-2-7-15/h3,5,9,11H,1-2,4,6-8,10H2,(H,14,17). The van der Waals surface area contributed by atoms with Gasteiger partial charge in [-0.2, -0.15) is 4.31 Å². The molecular formula is C13H19N3O3S. The largest absolute Gasteiger partial charge is 0.366 e. The highest BCUT2D eigenvalue weighted by atomic mass is 32.2. The maximum absolute atomic E-state index is 12.5. The van der Waals surface area contributed by atoms with Crippen molar-refractivity contribution in [2.45, 2.75) is 30.2 Å². The van der Waals surface area contributed by atoms with Crippen LogP contribution >= 0.6 is 0 Å². The molecule has 0 bridgehead atoms. The van der Waals surface area contributed by atoms with Crippen LogP contribution in [0.4, 0.5) is 0 Å². The van der Waals surface area contributed by atoms with Gasteiger partial charge in [0.05, 0.1) is 0 Å². The number of aromatic amines is 1. The SMILES string of the molecule is O=c1cc[nH]cc1S(=O)(=O)N1CCC(N2CCCC2)C1. The summed E-state index contributed by atoms with van der Waals surface area (Å²) in [6.45, 7) is 3.11. The maximum Gasteiger partial charge on any atom is 0.248 e. The van der Waals surface area contributed by atoms with E-state index in [0.717, 1.165) is 19.5 Å². The van der Waals surface area contributed by atoms with Gasteiger partial charge < -0.3 is 4.98 Å². The van der Waals surface area contributed by atoms with Gasteiger partial charge >= 0.3 is 0 Å². The Hall–Kier alpha value is -1.18. The van der Waals surface area contributed by atoms with Crippen molar-refractivity contribution in [2.24, 2.45) is 0 Å². The molecule has 0 aromatic carbocycles. The van der Waals surface area contributed by atoms with E-state index < -0.39 is 15.5 Å². The fraction of sp³-hybridized carbons (Fsp3) is 0.615. The minimum Gasteiger partial charge on any atom is -0.366 e. The Morgan fingerprint density at radius 1 is 1.20 bits per heavy atom. The second-order valence-corrected chi connectivity index (χ2v) is 7.33. The predicted molar refractivity (Wildman–Crippen MR) is 75.0 cm³/mol. The third kappa shape index (κ3) is 2.41. The zero-order chi connectivity index (χ0) is 14.2. The molecule has 1 N–H and O–H groups in total. The summed E-state index contributed by atoms with van der Waals surface area (Å²) in [5, 5.41) is 0. The van der Waals surface area contributed by atoms with Gasteiger partial charge in [-0.25, -0.2) is 8.42 Å². The first-order valence-corrected chi connectivity index (χ1v) is 8.44. The van der Waals surface area contributed by atoms with Crippen LogP contribution in [0.15, 0.2) is 28.2 Å². The fourth-order valence-electron chi connectivity index (χ4n) is 3.08. The van der Waals surface area contributed by atoms with Crippen molar-refractivity contribution in [3.8, 4) is 0 Å². The molecule has 1 atom stereocenters. The van der Waals surface area contributed by atoms with E-state index in [1.807, 2.05) is 0 Å². The summed E-state index contributed by atoms with van der Waals surface area (Å²) in [7, 11) is -3.67. The highest BCUT2D eigenvalue weighted by Crippen LogP contribution is 2.24. The van der Waals surface area contributed by atoms with E-state index in [9.17, 15) is 13.2 Å². The summed E-state index contributed by atoms with van der Waals surface area (Å²) in [6.07, 6.45) is 5.96. The Morgan fingerprint density at radius 2 is 1.95 bits per heavy atom. The van der Waals surface area contributed by atoms with E-state index >= 15 is 0 Å². The first kappa shape index (κ1) is 13.8. The lowest BCUT2D eigenvalue weighted by Crippen LogP contribution is -2.38. The summed E-state index contributed by atoms with van der Waals surface area (Å²) >= 11 is 0. The van der Waals surface area contributed by atoms with Gasteiger partial charge in [0.2, 0.25) is 15.5 Å². The summed E-state index contributed by atoms with van der Waals surface area (Å²) in [5.74, 6) is 0. The maximum atomic E-state index is 12.5. The van der Waals surface area contributed by atoms with E-state index in [0.29, 0.717) is 19.1 Å². The van der Waals surface area contributed by atoms with Crippen LogP contribution in [0.25, 0.3) is 0 Å².